The molecule has 0 amide bonds. The summed E-state index contributed by atoms with van der Waals surface area (Å²) in [6.45, 7) is 0.545. The maximum absolute atomic E-state index is 11.0. The molecule has 5 heteroatoms. The number of ether oxygens (including phenoxy) is 2. The summed E-state index contributed by atoms with van der Waals surface area (Å²) in [4.78, 5) is 11.0. The van der Waals surface area contributed by atoms with Crippen molar-refractivity contribution in [1.29, 1.82) is 0 Å². The molecule has 0 fully saturated rings. The van der Waals surface area contributed by atoms with Crippen molar-refractivity contribution in [2.75, 3.05) is 13.7 Å². The summed E-state index contributed by atoms with van der Waals surface area (Å²) in [6, 6.07) is 2.94. The van der Waals surface area contributed by atoms with Crippen molar-refractivity contribution >= 4 is 5.97 Å². The van der Waals surface area contributed by atoms with Crippen molar-refractivity contribution in [3.05, 3.63) is 23.3 Å². The van der Waals surface area contributed by atoms with Crippen LogP contribution in [0.15, 0.2) is 12.1 Å². The minimum atomic E-state index is -1.03. The van der Waals surface area contributed by atoms with Crippen molar-refractivity contribution in [3.8, 4) is 11.5 Å². The van der Waals surface area contributed by atoms with Crippen LogP contribution in [0.1, 0.15) is 28.4 Å². The van der Waals surface area contributed by atoms with Gasteiger partial charge in [-0.05, 0) is 6.07 Å². The van der Waals surface area contributed by atoms with E-state index < -0.39 is 5.97 Å². The molecule has 0 radical (unpaired) electrons. The summed E-state index contributed by atoms with van der Waals surface area (Å²) in [7, 11) is 1.43. The lowest BCUT2D eigenvalue weighted by molar-refractivity contribution is 0.0693. The lowest BCUT2D eigenvalue weighted by Crippen LogP contribution is -2.21. The molecule has 1 unspecified atom stereocenters. The van der Waals surface area contributed by atoms with Gasteiger partial charge in [-0.15, -0.1) is 0 Å². The fraction of sp³-hybridized carbons (Fsp3) is 0.364. The molecule has 3 N–H and O–H groups in total. The predicted molar refractivity (Wildman–Crippen MR) is 57.0 cm³/mol. The third-order valence-corrected chi connectivity index (χ3v) is 2.65. The zero-order valence-corrected chi connectivity index (χ0v) is 8.90. The van der Waals surface area contributed by atoms with Crippen LogP contribution in [0.5, 0.6) is 11.5 Å². The Balaban J connectivity index is 2.55. The van der Waals surface area contributed by atoms with Gasteiger partial charge in [-0.25, -0.2) is 4.79 Å². The predicted octanol–water partition coefficient (Wildman–Crippen LogP) is 1.18. The van der Waals surface area contributed by atoms with Crippen LogP contribution in [0.25, 0.3) is 0 Å². The number of carboxylic acid groups (broad SMARTS) is 1. The highest BCUT2D eigenvalue weighted by atomic mass is 16.5. The summed E-state index contributed by atoms with van der Waals surface area (Å²) in [5, 5.41) is 9.02. The van der Waals surface area contributed by atoms with E-state index in [0.717, 1.165) is 5.56 Å². The highest BCUT2D eigenvalue weighted by molar-refractivity contribution is 5.91. The van der Waals surface area contributed by atoms with Gasteiger partial charge in [-0.3, -0.25) is 0 Å². The van der Waals surface area contributed by atoms with E-state index in [1.807, 2.05) is 0 Å². The van der Waals surface area contributed by atoms with Crippen LogP contribution in [0.3, 0.4) is 0 Å². The zero-order valence-electron chi connectivity index (χ0n) is 8.90. The zero-order chi connectivity index (χ0) is 11.7. The monoisotopic (exact) mass is 223 g/mol. The van der Waals surface area contributed by atoms with Gasteiger partial charge in [0.15, 0.2) is 0 Å². The largest absolute Gasteiger partial charge is 0.496 e. The van der Waals surface area contributed by atoms with E-state index in [1.54, 1.807) is 6.07 Å². The lowest BCUT2D eigenvalue weighted by Gasteiger charge is -2.24. The van der Waals surface area contributed by atoms with E-state index in [4.69, 9.17) is 20.3 Å². The number of benzene rings is 1. The van der Waals surface area contributed by atoms with E-state index in [-0.39, 0.29) is 11.6 Å². The van der Waals surface area contributed by atoms with Gasteiger partial charge in [-0.1, -0.05) is 0 Å². The van der Waals surface area contributed by atoms with Crippen molar-refractivity contribution in [2.24, 2.45) is 5.73 Å². The smallest absolute Gasteiger partial charge is 0.339 e. The van der Waals surface area contributed by atoms with Crippen LogP contribution in [-0.4, -0.2) is 24.8 Å². The van der Waals surface area contributed by atoms with Gasteiger partial charge in [0.1, 0.15) is 17.1 Å². The minimum Gasteiger partial charge on any atom is -0.496 e. The number of hydrogen-bond donors (Lipinski definition) is 2. The maximum atomic E-state index is 11.0. The standard InChI is InChI=1S/C11H13NO4/c1-15-9-5-10-6(4-7(9)11(13)14)8(12)2-3-16-10/h4-5,8H,2-3,12H2,1H3,(H,13,14). The first-order chi connectivity index (χ1) is 7.63. The van der Waals surface area contributed by atoms with Crippen LogP contribution in [-0.2, 0) is 0 Å². The number of fused-ring (bicyclic) bond motifs is 1. The summed E-state index contributed by atoms with van der Waals surface area (Å²) in [6.07, 6.45) is 0.693. The lowest BCUT2D eigenvalue weighted by atomic mass is 9.98. The number of carbonyl (C=O) groups is 1. The second-order valence-corrected chi connectivity index (χ2v) is 3.64. The normalized spacial score (nSPS) is 18.5. The van der Waals surface area contributed by atoms with E-state index in [1.165, 1.54) is 13.2 Å². The molecule has 1 aromatic carbocycles. The Labute approximate surface area is 92.8 Å². The molecule has 0 saturated heterocycles. The van der Waals surface area contributed by atoms with Crippen LogP contribution in [0.2, 0.25) is 0 Å². The molecule has 0 spiro atoms. The Morgan fingerprint density at radius 3 is 3.00 bits per heavy atom. The summed E-state index contributed by atoms with van der Waals surface area (Å²) in [5.41, 5.74) is 6.73. The molecule has 5 nitrogen and oxygen atoms in total. The molecule has 1 aliphatic rings. The van der Waals surface area contributed by atoms with Crippen LogP contribution in [0, 0.1) is 0 Å². The Morgan fingerprint density at radius 1 is 1.62 bits per heavy atom. The van der Waals surface area contributed by atoms with Gasteiger partial charge >= 0.3 is 5.97 Å². The maximum Gasteiger partial charge on any atom is 0.339 e. The van der Waals surface area contributed by atoms with Crippen LogP contribution >= 0.6 is 0 Å². The second-order valence-electron chi connectivity index (χ2n) is 3.64. The Bertz CT molecular complexity index is 430. The molecule has 1 aliphatic heterocycles. The number of aromatic carboxylic acids is 1. The number of carboxylic acids is 1. The number of nitrogens with two attached hydrogens (primary N) is 1. The SMILES string of the molecule is COc1cc2c(cc1C(=O)O)C(N)CCO2. The molecule has 0 bridgehead atoms. The van der Waals surface area contributed by atoms with Gasteiger partial charge in [0, 0.05) is 24.1 Å². The van der Waals surface area contributed by atoms with Gasteiger partial charge < -0.3 is 20.3 Å². The first-order valence-corrected chi connectivity index (χ1v) is 4.97. The quantitative estimate of drug-likeness (QED) is 0.786. The molecule has 1 aromatic rings. The van der Waals surface area contributed by atoms with Gasteiger partial charge in [-0.2, -0.15) is 0 Å². The molecule has 0 aromatic heterocycles. The van der Waals surface area contributed by atoms with Gasteiger partial charge in [0.25, 0.3) is 0 Å². The topological polar surface area (TPSA) is 81.8 Å². The third kappa shape index (κ3) is 1.69. The first-order valence-electron chi connectivity index (χ1n) is 4.97. The summed E-state index contributed by atoms with van der Waals surface area (Å²) >= 11 is 0. The minimum absolute atomic E-state index is 0.113. The fourth-order valence-corrected chi connectivity index (χ4v) is 1.78. The highest BCUT2D eigenvalue weighted by Crippen LogP contribution is 2.36. The molecule has 1 atom stereocenters. The van der Waals surface area contributed by atoms with Crippen molar-refractivity contribution < 1.29 is 19.4 Å². The summed E-state index contributed by atoms with van der Waals surface area (Å²) in [5.74, 6) is -0.127. The number of hydrogen-bond acceptors (Lipinski definition) is 4. The molecule has 86 valence electrons. The average molecular weight is 223 g/mol. The Hall–Kier alpha value is -1.75. The third-order valence-electron chi connectivity index (χ3n) is 2.65. The Kier molecular flexibility index (Phi) is 2.70. The van der Waals surface area contributed by atoms with E-state index in [0.29, 0.717) is 24.5 Å². The van der Waals surface area contributed by atoms with Gasteiger partial charge in [0.05, 0.1) is 13.7 Å². The highest BCUT2D eigenvalue weighted by Gasteiger charge is 2.23. The van der Waals surface area contributed by atoms with Crippen molar-refractivity contribution in [1.82, 2.24) is 0 Å². The van der Waals surface area contributed by atoms with E-state index in [9.17, 15) is 4.79 Å². The number of rotatable bonds is 2. The van der Waals surface area contributed by atoms with E-state index in [2.05, 4.69) is 0 Å². The summed E-state index contributed by atoms with van der Waals surface area (Å²) < 4.78 is 10.4. The average Bonchev–Trinajstić information content (AvgIpc) is 2.27. The van der Waals surface area contributed by atoms with Gasteiger partial charge in [0.2, 0.25) is 0 Å². The molecule has 0 saturated carbocycles. The molecule has 1 heterocycles. The van der Waals surface area contributed by atoms with Crippen molar-refractivity contribution in [3.63, 3.8) is 0 Å². The fourth-order valence-electron chi connectivity index (χ4n) is 1.78. The molecule has 0 aliphatic carbocycles. The van der Waals surface area contributed by atoms with Crippen molar-refractivity contribution in [2.45, 2.75) is 12.5 Å². The Morgan fingerprint density at radius 2 is 2.38 bits per heavy atom. The van der Waals surface area contributed by atoms with Crippen LogP contribution < -0.4 is 15.2 Å². The van der Waals surface area contributed by atoms with Crippen LogP contribution in [0.4, 0.5) is 0 Å². The molecular weight excluding hydrogens is 210 g/mol. The first kappa shape index (κ1) is 10.8. The van der Waals surface area contributed by atoms with E-state index >= 15 is 0 Å². The molecule has 16 heavy (non-hydrogen) atoms. The number of methoxy groups -OCH3 is 1. The molecule has 2 rings (SSSR count). The second kappa shape index (κ2) is 4.02. The molecular formula is C11H13NO4.